The summed E-state index contributed by atoms with van der Waals surface area (Å²) >= 11 is 0. The number of alkyl halides is 3. The van der Waals surface area contributed by atoms with Crippen molar-refractivity contribution in [3.05, 3.63) is 65.2 Å². The van der Waals surface area contributed by atoms with Crippen LogP contribution in [0.1, 0.15) is 67.0 Å². The van der Waals surface area contributed by atoms with Crippen LogP contribution in [0.25, 0.3) is 11.0 Å². The molecule has 0 bridgehead atoms. The minimum atomic E-state index is -4.79. The Kier molecular flexibility index (Phi) is 8.74. The molecule has 3 aromatic heterocycles. The summed E-state index contributed by atoms with van der Waals surface area (Å²) in [5.41, 5.74) is 2.60. The molecule has 1 aliphatic rings. The van der Waals surface area contributed by atoms with Gasteiger partial charge in [0.2, 0.25) is 0 Å². The molecule has 2 N–H and O–H groups in total. The van der Waals surface area contributed by atoms with Gasteiger partial charge in [-0.05, 0) is 69.9 Å². The predicted molar refractivity (Wildman–Crippen MR) is 152 cm³/mol. The molecule has 0 radical (unpaired) electrons. The third-order valence-electron chi connectivity index (χ3n) is 6.85. The fourth-order valence-corrected chi connectivity index (χ4v) is 4.71. The van der Waals surface area contributed by atoms with E-state index < -0.39 is 17.9 Å². The van der Waals surface area contributed by atoms with Crippen molar-refractivity contribution in [2.75, 3.05) is 13.1 Å². The maximum Gasteiger partial charge on any atom is 0.573 e. The molecule has 5 rings (SSSR count). The van der Waals surface area contributed by atoms with Crippen LogP contribution in [0.2, 0.25) is 0 Å². The molecule has 0 spiro atoms. The van der Waals surface area contributed by atoms with Crippen molar-refractivity contribution in [3.63, 3.8) is 0 Å². The van der Waals surface area contributed by atoms with Gasteiger partial charge >= 0.3 is 12.5 Å². The number of benzene rings is 1. The molecule has 1 aromatic carbocycles. The van der Waals surface area contributed by atoms with Gasteiger partial charge in [-0.3, -0.25) is 9.48 Å². The molecule has 12 nitrogen and oxygen atoms in total. The lowest BCUT2D eigenvalue weighted by Crippen LogP contribution is -2.50. The fraction of sp³-hybridized carbons (Fsp3) is 0.448. The largest absolute Gasteiger partial charge is 0.573 e. The molecule has 44 heavy (non-hydrogen) atoms. The minimum absolute atomic E-state index is 0.0000508. The van der Waals surface area contributed by atoms with Gasteiger partial charge in [-0.2, -0.15) is 5.10 Å². The number of amides is 2. The van der Waals surface area contributed by atoms with Crippen LogP contribution in [0, 0.1) is 0 Å². The summed E-state index contributed by atoms with van der Waals surface area (Å²) in [5.74, 6) is -0.660. The summed E-state index contributed by atoms with van der Waals surface area (Å²) in [6.07, 6.45) is -1.30. The Labute approximate surface area is 250 Å². The standard InChI is InChI=1S/C29H33F3N8O4/c1-28(2,3)44-27(42)39-15-20(16-39)23-13-19-12-21(35-37-25(19)34-23)8-4-5-10-40-17-24(36-38-40)26(41)33-14-18-7-6-9-22(11-18)43-29(30,31)32/h6-7,9,11-13,17,20H,4-5,8,10,14-16H2,1-3H3,(H,33,41)(H,34,37). The molecule has 0 saturated carbocycles. The van der Waals surface area contributed by atoms with Crippen LogP contribution in [-0.2, 0) is 24.2 Å². The molecule has 2 amide bonds. The summed E-state index contributed by atoms with van der Waals surface area (Å²) in [4.78, 5) is 29.7. The number of H-pyrrole nitrogens is 1. The summed E-state index contributed by atoms with van der Waals surface area (Å²) in [7, 11) is 0. The van der Waals surface area contributed by atoms with Gasteiger partial charge < -0.3 is 24.7 Å². The van der Waals surface area contributed by atoms with E-state index in [9.17, 15) is 22.8 Å². The lowest BCUT2D eigenvalue weighted by Gasteiger charge is -2.39. The van der Waals surface area contributed by atoms with Crippen molar-refractivity contribution in [3.8, 4) is 5.75 Å². The minimum Gasteiger partial charge on any atom is -0.444 e. The number of halogens is 3. The SMILES string of the molecule is CC(C)(C)OC(=O)N1CC(c2cc3cc(CCCCn4cc(C(=O)NCc5cccc(OC(F)(F)F)c5)nn4)nnc3[nH]2)C1. The Balaban J connectivity index is 1.05. The highest BCUT2D eigenvalue weighted by molar-refractivity contribution is 5.91. The van der Waals surface area contributed by atoms with Crippen LogP contribution < -0.4 is 10.1 Å². The molecular weight excluding hydrogens is 581 g/mol. The first-order valence-corrected chi connectivity index (χ1v) is 14.2. The lowest BCUT2D eigenvalue weighted by atomic mass is 9.97. The quantitative estimate of drug-likeness (QED) is 0.244. The van der Waals surface area contributed by atoms with E-state index in [4.69, 9.17) is 4.74 Å². The zero-order chi connectivity index (χ0) is 31.5. The van der Waals surface area contributed by atoms with Crippen LogP contribution in [0.4, 0.5) is 18.0 Å². The number of aryl methyl sites for hydroxylation is 2. The number of hydrogen-bond acceptors (Lipinski definition) is 8. The van der Waals surface area contributed by atoms with Crippen LogP contribution in [0.5, 0.6) is 5.75 Å². The Morgan fingerprint density at radius 1 is 1.07 bits per heavy atom. The highest BCUT2D eigenvalue weighted by Gasteiger charge is 2.35. The molecule has 1 saturated heterocycles. The molecule has 15 heteroatoms. The maximum absolute atomic E-state index is 12.5. The van der Waals surface area contributed by atoms with Crippen molar-refractivity contribution < 1.29 is 32.2 Å². The van der Waals surface area contributed by atoms with Crippen molar-refractivity contribution in [1.29, 1.82) is 0 Å². The first-order valence-electron chi connectivity index (χ1n) is 14.2. The molecule has 0 atom stereocenters. The number of carbonyl (C=O) groups is 2. The Hall–Kier alpha value is -4.69. The van der Waals surface area contributed by atoms with Gasteiger partial charge in [-0.1, -0.05) is 17.3 Å². The molecular formula is C29H33F3N8O4. The van der Waals surface area contributed by atoms with E-state index in [1.165, 1.54) is 24.4 Å². The first-order chi connectivity index (χ1) is 20.8. The van der Waals surface area contributed by atoms with Crippen LogP contribution >= 0.6 is 0 Å². The number of ether oxygens (including phenoxy) is 2. The van der Waals surface area contributed by atoms with E-state index in [2.05, 4.69) is 41.6 Å². The van der Waals surface area contributed by atoms with Gasteiger partial charge in [-0.25, -0.2) is 4.79 Å². The number of aromatic amines is 1. The number of nitrogens with zero attached hydrogens (tertiary/aromatic N) is 6. The van der Waals surface area contributed by atoms with Crippen molar-refractivity contribution in [2.24, 2.45) is 0 Å². The van der Waals surface area contributed by atoms with E-state index in [-0.39, 0.29) is 30.0 Å². The molecule has 1 fully saturated rings. The van der Waals surface area contributed by atoms with E-state index in [0.717, 1.165) is 29.6 Å². The Bertz CT molecular complexity index is 1620. The number of unbranched alkanes of at least 4 members (excludes halogenated alkanes) is 1. The van der Waals surface area contributed by atoms with Gasteiger partial charge in [0.05, 0.1) is 11.9 Å². The Morgan fingerprint density at radius 3 is 2.61 bits per heavy atom. The summed E-state index contributed by atoms with van der Waals surface area (Å²) < 4.78 is 48.2. The number of fused-ring (bicyclic) bond motifs is 1. The second-order valence-electron chi connectivity index (χ2n) is 11.6. The predicted octanol–water partition coefficient (Wildman–Crippen LogP) is 4.74. The molecule has 234 valence electrons. The lowest BCUT2D eigenvalue weighted by molar-refractivity contribution is -0.274. The van der Waals surface area contributed by atoms with Crippen molar-refractivity contribution >= 4 is 23.0 Å². The number of rotatable bonds is 10. The van der Waals surface area contributed by atoms with Gasteiger partial charge in [0.1, 0.15) is 11.4 Å². The van der Waals surface area contributed by atoms with Crippen molar-refractivity contribution in [1.82, 2.24) is 40.4 Å². The van der Waals surface area contributed by atoms with Crippen LogP contribution in [-0.4, -0.2) is 72.1 Å². The average Bonchev–Trinajstić information content (AvgIpc) is 3.54. The van der Waals surface area contributed by atoms with Crippen LogP contribution in [0.3, 0.4) is 0 Å². The zero-order valence-corrected chi connectivity index (χ0v) is 24.5. The number of aromatic nitrogens is 6. The Morgan fingerprint density at radius 2 is 1.86 bits per heavy atom. The second kappa shape index (κ2) is 12.5. The van der Waals surface area contributed by atoms with Gasteiger partial charge in [0.15, 0.2) is 11.3 Å². The van der Waals surface area contributed by atoms with Crippen LogP contribution in [0.15, 0.2) is 42.6 Å². The second-order valence-corrected chi connectivity index (χ2v) is 11.6. The molecule has 0 aliphatic carbocycles. The third kappa shape index (κ3) is 8.23. The van der Waals surface area contributed by atoms with Crippen molar-refractivity contribution in [2.45, 2.75) is 71.0 Å². The monoisotopic (exact) mass is 614 g/mol. The fourth-order valence-electron chi connectivity index (χ4n) is 4.71. The first kappa shape index (κ1) is 30.8. The number of hydrogen-bond donors (Lipinski definition) is 2. The van der Waals surface area contributed by atoms with E-state index in [0.29, 0.717) is 37.3 Å². The highest BCUT2D eigenvalue weighted by atomic mass is 19.4. The maximum atomic E-state index is 12.5. The zero-order valence-electron chi connectivity index (χ0n) is 24.5. The molecule has 1 aliphatic heterocycles. The summed E-state index contributed by atoms with van der Waals surface area (Å²) in [6, 6.07) is 9.45. The number of nitrogens with one attached hydrogen (secondary N) is 2. The van der Waals surface area contributed by atoms with Gasteiger partial charge in [0, 0.05) is 43.2 Å². The average molecular weight is 615 g/mol. The summed E-state index contributed by atoms with van der Waals surface area (Å²) in [6.45, 7) is 7.25. The third-order valence-corrected chi connectivity index (χ3v) is 6.85. The smallest absolute Gasteiger partial charge is 0.444 e. The van der Waals surface area contributed by atoms with E-state index >= 15 is 0 Å². The van der Waals surface area contributed by atoms with E-state index in [1.807, 2.05) is 26.8 Å². The number of likely N-dealkylation sites (tertiary alicyclic amines) is 1. The molecule has 4 aromatic rings. The van der Waals surface area contributed by atoms with E-state index in [1.54, 1.807) is 15.6 Å². The van der Waals surface area contributed by atoms with Gasteiger partial charge in [-0.15, -0.1) is 23.4 Å². The molecule has 0 unspecified atom stereocenters. The topological polar surface area (TPSA) is 140 Å². The normalized spacial score (nSPS) is 14.0. The van der Waals surface area contributed by atoms with Gasteiger partial charge in [0.25, 0.3) is 5.91 Å². The summed E-state index contributed by atoms with van der Waals surface area (Å²) in [5, 5.41) is 20.1. The molecule has 4 heterocycles. The highest BCUT2D eigenvalue weighted by Crippen LogP contribution is 2.30. The number of carbonyl (C=O) groups excluding carboxylic acids is 2.